The van der Waals surface area contributed by atoms with Crippen molar-refractivity contribution < 1.29 is 23.9 Å². The van der Waals surface area contributed by atoms with E-state index < -0.39 is 17.2 Å². The summed E-state index contributed by atoms with van der Waals surface area (Å²) in [6, 6.07) is 12.0. The van der Waals surface area contributed by atoms with Gasteiger partial charge in [-0.25, -0.2) is 4.31 Å². The SMILES string of the molecule is OP(O)OP(O)O.P.c1ccccc1. The quantitative estimate of drug-likeness (QED) is 0.598. The Balaban J connectivity index is 0. The molecule has 82 valence electrons. The molecule has 0 bridgehead atoms. The second-order valence-corrected chi connectivity index (χ2v) is 3.41. The number of rotatable bonds is 2. The number of benzene rings is 1. The van der Waals surface area contributed by atoms with Crippen LogP contribution in [0.3, 0.4) is 0 Å². The van der Waals surface area contributed by atoms with Crippen molar-refractivity contribution in [2.45, 2.75) is 0 Å². The lowest BCUT2D eigenvalue weighted by atomic mass is 10.4. The minimum atomic E-state index is -2.61. The van der Waals surface area contributed by atoms with Gasteiger partial charge in [-0.1, -0.05) is 36.4 Å². The van der Waals surface area contributed by atoms with E-state index in [1.165, 1.54) is 0 Å². The summed E-state index contributed by atoms with van der Waals surface area (Å²) in [6.45, 7) is 0. The van der Waals surface area contributed by atoms with Crippen LogP contribution in [0.25, 0.3) is 0 Å². The van der Waals surface area contributed by atoms with Crippen molar-refractivity contribution >= 4 is 27.1 Å². The molecule has 1 aromatic carbocycles. The van der Waals surface area contributed by atoms with E-state index in [9.17, 15) is 0 Å². The molecular weight excluding hydrogens is 245 g/mol. The van der Waals surface area contributed by atoms with Crippen LogP contribution in [0.2, 0.25) is 0 Å². The first kappa shape index (κ1) is 16.7. The van der Waals surface area contributed by atoms with E-state index in [0.29, 0.717) is 0 Å². The standard InChI is InChI=1S/C6H6.H4O5P2.H3P/c1-2-4-6-5-3-1;1-6(2)5-7(3)4;/h1-6H;1-4H;1H3. The molecule has 1 unspecified atom stereocenters. The topological polar surface area (TPSA) is 90.2 Å². The minimum absolute atomic E-state index is 0. The molecule has 0 aliphatic heterocycles. The number of hydrogen-bond acceptors (Lipinski definition) is 5. The lowest BCUT2D eigenvalue weighted by Gasteiger charge is -2.00. The van der Waals surface area contributed by atoms with Crippen LogP contribution >= 0.6 is 27.1 Å². The van der Waals surface area contributed by atoms with E-state index in [-0.39, 0.29) is 9.90 Å². The molecule has 0 saturated carbocycles. The second-order valence-electron chi connectivity index (χ2n) is 1.74. The predicted molar refractivity (Wildman–Crippen MR) is 61.3 cm³/mol. The maximum atomic E-state index is 7.82. The summed E-state index contributed by atoms with van der Waals surface area (Å²) in [5.41, 5.74) is 0. The molecule has 0 radical (unpaired) electrons. The second kappa shape index (κ2) is 11.4. The molecule has 8 heteroatoms. The van der Waals surface area contributed by atoms with Gasteiger partial charge >= 0.3 is 17.2 Å². The highest BCUT2D eigenvalue weighted by atomic mass is 31.2. The molecule has 0 aliphatic rings. The number of hydrogen-bond donors (Lipinski definition) is 4. The zero-order valence-corrected chi connectivity index (χ0v) is 10.5. The summed E-state index contributed by atoms with van der Waals surface area (Å²) >= 11 is 0. The van der Waals surface area contributed by atoms with E-state index in [1.54, 1.807) is 0 Å². The van der Waals surface area contributed by atoms with Gasteiger partial charge in [0.25, 0.3) is 0 Å². The fraction of sp³-hybridized carbons (Fsp3) is 0. The van der Waals surface area contributed by atoms with Crippen LogP contribution in [0.1, 0.15) is 0 Å². The fourth-order valence-electron chi connectivity index (χ4n) is 0.450. The Morgan fingerprint density at radius 1 is 0.643 bits per heavy atom. The van der Waals surface area contributed by atoms with E-state index in [2.05, 4.69) is 4.31 Å². The fourth-order valence-corrected chi connectivity index (χ4v) is 0.973. The van der Waals surface area contributed by atoms with Crippen LogP contribution in [0.15, 0.2) is 36.4 Å². The Morgan fingerprint density at radius 2 is 0.857 bits per heavy atom. The molecule has 0 aliphatic carbocycles. The Kier molecular flexibility index (Phi) is 13.6. The van der Waals surface area contributed by atoms with Crippen LogP contribution in [0.5, 0.6) is 0 Å². The van der Waals surface area contributed by atoms with Crippen molar-refractivity contribution in [1.29, 1.82) is 0 Å². The van der Waals surface area contributed by atoms with Gasteiger partial charge in [0.1, 0.15) is 0 Å². The zero-order valence-electron chi connectivity index (χ0n) is 7.26. The Hall–Kier alpha value is 0.310. The summed E-state index contributed by atoms with van der Waals surface area (Å²) < 4.78 is 3.60. The monoisotopic (exact) mass is 258 g/mol. The molecule has 0 heterocycles. The lowest BCUT2D eigenvalue weighted by Crippen LogP contribution is -1.73. The van der Waals surface area contributed by atoms with Crippen molar-refractivity contribution in [3.05, 3.63) is 36.4 Å². The first-order valence-electron chi connectivity index (χ1n) is 3.17. The van der Waals surface area contributed by atoms with Gasteiger partial charge in [-0.3, -0.25) is 0 Å². The van der Waals surface area contributed by atoms with Gasteiger partial charge in [-0.2, -0.15) is 9.90 Å². The van der Waals surface area contributed by atoms with E-state index in [4.69, 9.17) is 19.6 Å². The van der Waals surface area contributed by atoms with E-state index >= 15 is 0 Å². The van der Waals surface area contributed by atoms with Crippen LogP contribution in [-0.2, 0) is 4.31 Å². The molecule has 1 aromatic rings. The molecule has 0 amide bonds. The van der Waals surface area contributed by atoms with Gasteiger partial charge in [0, 0.05) is 0 Å². The third kappa shape index (κ3) is 14.8. The summed E-state index contributed by atoms with van der Waals surface area (Å²) in [6.07, 6.45) is 0. The van der Waals surface area contributed by atoms with Gasteiger partial charge < -0.3 is 19.6 Å². The van der Waals surface area contributed by atoms with Crippen molar-refractivity contribution in [2.24, 2.45) is 0 Å². The molecule has 4 N–H and O–H groups in total. The van der Waals surface area contributed by atoms with Crippen molar-refractivity contribution in [1.82, 2.24) is 0 Å². The predicted octanol–water partition coefficient (Wildman–Crippen LogP) is 1.17. The molecule has 14 heavy (non-hydrogen) atoms. The first-order valence-corrected chi connectivity index (χ1v) is 5.50. The summed E-state index contributed by atoms with van der Waals surface area (Å²) in [5, 5.41) is 0. The van der Waals surface area contributed by atoms with Crippen LogP contribution in [0, 0.1) is 0 Å². The van der Waals surface area contributed by atoms with Crippen molar-refractivity contribution in [3.8, 4) is 0 Å². The van der Waals surface area contributed by atoms with E-state index in [0.717, 1.165) is 0 Å². The molecule has 1 rings (SSSR count). The summed E-state index contributed by atoms with van der Waals surface area (Å²) in [7, 11) is -5.22. The van der Waals surface area contributed by atoms with Crippen LogP contribution in [-0.4, -0.2) is 19.6 Å². The smallest absolute Gasteiger partial charge is 0.328 e. The summed E-state index contributed by atoms with van der Waals surface area (Å²) in [5.74, 6) is 0. The normalized spacial score (nSPS) is 9.00. The summed E-state index contributed by atoms with van der Waals surface area (Å²) in [4.78, 5) is 31.3. The molecule has 1 atom stereocenters. The molecule has 0 fully saturated rings. The third-order valence-electron chi connectivity index (χ3n) is 0.813. The Morgan fingerprint density at radius 3 is 0.929 bits per heavy atom. The zero-order chi connectivity index (χ0) is 10.1. The maximum absolute atomic E-state index is 7.82. The largest absolute Gasteiger partial charge is 0.334 e. The van der Waals surface area contributed by atoms with Crippen LogP contribution < -0.4 is 0 Å². The van der Waals surface area contributed by atoms with Gasteiger partial charge in [-0.15, -0.1) is 0 Å². The van der Waals surface area contributed by atoms with Gasteiger partial charge in [0.2, 0.25) is 0 Å². The third-order valence-corrected chi connectivity index (χ3v) is 1.98. The average molecular weight is 258 g/mol. The van der Waals surface area contributed by atoms with Gasteiger partial charge in [0.15, 0.2) is 0 Å². The molecular formula is C6H13O5P3. The molecule has 0 aromatic heterocycles. The van der Waals surface area contributed by atoms with Gasteiger partial charge in [-0.05, 0) is 0 Å². The highest BCUT2D eigenvalue weighted by Crippen LogP contribution is 2.41. The van der Waals surface area contributed by atoms with Crippen molar-refractivity contribution in [3.63, 3.8) is 0 Å². The Labute approximate surface area is 88.0 Å². The van der Waals surface area contributed by atoms with Crippen LogP contribution in [0.4, 0.5) is 0 Å². The lowest BCUT2D eigenvalue weighted by molar-refractivity contribution is 0.324. The molecule has 0 saturated heterocycles. The molecule has 0 spiro atoms. The molecule has 5 nitrogen and oxygen atoms in total. The Bertz CT molecular complexity index is 163. The van der Waals surface area contributed by atoms with Gasteiger partial charge in [0.05, 0.1) is 0 Å². The highest BCUT2D eigenvalue weighted by molar-refractivity contribution is 7.53. The average Bonchev–Trinajstić information content (AvgIpc) is 2.06. The van der Waals surface area contributed by atoms with E-state index in [1.807, 2.05) is 36.4 Å². The first-order chi connectivity index (χ1) is 6.13. The van der Waals surface area contributed by atoms with Crippen molar-refractivity contribution in [2.75, 3.05) is 0 Å². The minimum Gasteiger partial charge on any atom is -0.328 e. The maximum Gasteiger partial charge on any atom is 0.334 e. The highest BCUT2D eigenvalue weighted by Gasteiger charge is 2.05.